The number of anilines is 1. The minimum absolute atomic E-state index is 0.0795. The predicted octanol–water partition coefficient (Wildman–Crippen LogP) is 5.97. The lowest BCUT2D eigenvalue weighted by molar-refractivity contribution is 0.102. The molecule has 0 bridgehead atoms. The molecule has 0 unspecified atom stereocenters. The molecule has 0 aliphatic heterocycles. The first-order chi connectivity index (χ1) is 11.7. The number of nitrogens with one attached hydrogen (secondary N) is 1. The maximum absolute atomic E-state index is 12.5. The van der Waals surface area contributed by atoms with Gasteiger partial charge in [0.2, 0.25) is 0 Å². The van der Waals surface area contributed by atoms with Crippen molar-refractivity contribution in [1.82, 2.24) is 4.98 Å². The molecule has 1 aromatic heterocycles. The van der Waals surface area contributed by atoms with Crippen LogP contribution in [0.15, 0.2) is 42.5 Å². The van der Waals surface area contributed by atoms with Crippen LogP contribution >= 0.6 is 11.3 Å². The number of amides is 1. The van der Waals surface area contributed by atoms with E-state index in [0.29, 0.717) is 16.6 Å². The van der Waals surface area contributed by atoms with Gasteiger partial charge in [-0.15, -0.1) is 0 Å². The van der Waals surface area contributed by atoms with Gasteiger partial charge in [-0.25, -0.2) is 4.98 Å². The third-order valence-electron chi connectivity index (χ3n) is 4.31. The van der Waals surface area contributed by atoms with Crippen molar-refractivity contribution in [1.29, 1.82) is 0 Å². The molecule has 2 aromatic carbocycles. The molecule has 3 nitrogen and oxygen atoms in total. The second kappa shape index (κ2) is 6.60. The summed E-state index contributed by atoms with van der Waals surface area (Å²) in [5.41, 5.74) is 4.15. The second-order valence-electron chi connectivity index (χ2n) is 7.68. The van der Waals surface area contributed by atoms with Gasteiger partial charge >= 0.3 is 0 Å². The summed E-state index contributed by atoms with van der Waals surface area (Å²) < 4.78 is 1.10. The van der Waals surface area contributed by atoms with Crippen LogP contribution in [0.25, 0.3) is 10.2 Å². The van der Waals surface area contributed by atoms with Gasteiger partial charge in [0.05, 0.1) is 10.2 Å². The molecule has 130 valence electrons. The Morgan fingerprint density at radius 1 is 1.08 bits per heavy atom. The highest BCUT2D eigenvalue weighted by atomic mass is 32.1. The molecule has 0 saturated heterocycles. The van der Waals surface area contributed by atoms with Crippen molar-refractivity contribution in [2.75, 3.05) is 5.32 Å². The molecule has 0 fully saturated rings. The first-order valence-corrected chi connectivity index (χ1v) is 9.38. The molecule has 1 heterocycles. The molecule has 3 aromatic rings. The number of nitrogens with zero attached hydrogens (tertiary/aromatic N) is 1. The monoisotopic (exact) mass is 352 g/mol. The summed E-state index contributed by atoms with van der Waals surface area (Å²) in [5.74, 6) is 0.356. The van der Waals surface area contributed by atoms with Crippen LogP contribution in [0.3, 0.4) is 0 Å². The van der Waals surface area contributed by atoms with Gasteiger partial charge in [-0.2, -0.15) is 0 Å². The topological polar surface area (TPSA) is 42.0 Å². The van der Waals surface area contributed by atoms with Gasteiger partial charge in [-0.05, 0) is 46.7 Å². The van der Waals surface area contributed by atoms with Crippen LogP contribution in [0.4, 0.5) is 5.13 Å². The van der Waals surface area contributed by atoms with Gasteiger partial charge in [-0.3, -0.25) is 10.1 Å². The first kappa shape index (κ1) is 17.6. The highest BCUT2D eigenvalue weighted by Crippen LogP contribution is 2.29. The molecule has 0 atom stereocenters. The van der Waals surface area contributed by atoms with Gasteiger partial charge in [-0.1, -0.05) is 64.2 Å². The van der Waals surface area contributed by atoms with Crippen LogP contribution in [0, 0.1) is 0 Å². The van der Waals surface area contributed by atoms with Gasteiger partial charge in [0.15, 0.2) is 5.13 Å². The van der Waals surface area contributed by atoms with E-state index in [0.717, 1.165) is 10.2 Å². The lowest BCUT2D eigenvalue weighted by Crippen LogP contribution is -2.14. The first-order valence-electron chi connectivity index (χ1n) is 8.56. The zero-order valence-corrected chi connectivity index (χ0v) is 16.2. The Kier molecular flexibility index (Phi) is 4.65. The molecule has 1 N–H and O–H groups in total. The Morgan fingerprint density at radius 3 is 2.36 bits per heavy atom. The highest BCUT2D eigenvalue weighted by molar-refractivity contribution is 7.22. The summed E-state index contributed by atoms with van der Waals surface area (Å²) in [6.07, 6.45) is 0. The summed E-state index contributed by atoms with van der Waals surface area (Å²) in [6, 6.07) is 14.1. The van der Waals surface area contributed by atoms with Crippen molar-refractivity contribution < 1.29 is 4.79 Å². The minimum Gasteiger partial charge on any atom is -0.298 e. The van der Waals surface area contributed by atoms with Crippen LogP contribution in [0.1, 0.15) is 62.0 Å². The quantitative estimate of drug-likeness (QED) is 0.631. The van der Waals surface area contributed by atoms with Crippen molar-refractivity contribution in [3.8, 4) is 0 Å². The number of thiazole rings is 1. The lowest BCUT2D eigenvalue weighted by atomic mass is 9.87. The number of rotatable bonds is 3. The summed E-state index contributed by atoms with van der Waals surface area (Å²) in [5, 5.41) is 3.56. The average Bonchev–Trinajstić information content (AvgIpc) is 2.95. The standard InChI is InChI=1S/C21H24N2OS/c1-13(2)15-8-11-17-18(12-15)25-20(22-17)23-19(24)14-6-9-16(10-7-14)21(3,4)5/h6-13H,1-5H3,(H,22,23,24). The Balaban J connectivity index is 1.79. The van der Waals surface area contributed by atoms with E-state index in [4.69, 9.17) is 0 Å². The van der Waals surface area contributed by atoms with E-state index in [1.54, 1.807) is 0 Å². The number of benzene rings is 2. The van der Waals surface area contributed by atoms with Gasteiger partial charge in [0.25, 0.3) is 5.91 Å². The maximum atomic E-state index is 12.5. The predicted molar refractivity (Wildman–Crippen MR) is 107 cm³/mol. The van der Waals surface area contributed by atoms with Crippen molar-refractivity contribution >= 4 is 32.6 Å². The molecule has 25 heavy (non-hydrogen) atoms. The SMILES string of the molecule is CC(C)c1ccc2nc(NC(=O)c3ccc(C(C)(C)C)cc3)sc2c1. The van der Waals surface area contributed by atoms with Gasteiger partial charge in [0, 0.05) is 5.56 Å². The van der Waals surface area contributed by atoms with E-state index in [1.807, 2.05) is 30.3 Å². The van der Waals surface area contributed by atoms with E-state index in [1.165, 1.54) is 22.5 Å². The van der Waals surface area contributed by atoms with Crippen molar-refractivity contribution in [3.63, 3.8) is 0 Å². The molecule has 0 saturated carbocycles. The van der Waals surface area contributed by atoms with Crippen molar-refractivity contribution in [2.24, 2.45) is 0 Å². The Bertz CT molecular complexity index is 902. The minimum atomic E-state index is -0.122. The summed E-state index contributed by atoms with van der Waals surface area (Å²) in [6.45, 7) is 10.8. The molecule has 0 aliphatic rings. The highest BCUT2D eigenvalue weighted by Gasteiger charge is 2.15. The number of hydrogen-bond acceptors (Lipinski definition) is 3. The van der Waals surface area contributed by atoms with Crippen molar-refractivity contribution in [2.45, 2.75) is 46.0 Å². The number of aromatic nitrogens is 1. The Hall–Kier alpha value is -2.20. The maximum Gasteiger partial charge on any atom is 0.257 e. The number of fused-ring (bicyclic) bond motifs is 1. The third-order valence-corrected chi connectivity index (χ3v) is 5.25. The fourth-order valence-electron chi connectivity index (χ4n) is 2.64. The Labute approximate surface area is 153 Å². The lowest BCUT2D eigenvalue weighted by Gasteiger charge is -2.18. The van der Waals surface area contributed by atoms with E-state index in [2.05, 4.69) is 57.1 Å². The number of carbonyl (C=O) groups is 1. The summed E-state index contributed by atoms with van der Waals surface area (Å²) >= 11 is 1.52. The average molecular weight is 353 g/mol. The molecular weight excluding hydrogens is 328 g/mol. The molecular formula is C21H24N2OS. The largest absolute Gasteiger partial charge is 0.298 e. The van der Waals surface area contributed by atoms with Crippen molar-refractivity contribution in [3.05, 3.63) is 59.2 Å². The van der Waals surface area contributed by atoms with E-state index in [9.17, 15) is 4.79 Å². The molecule has 0 spiro atoms. The molecule has 0 radical (unpaired) electrons. The number of hydrogen-bond donors (Lipinski definition) is 1. The van der Waals surface area contributed by atoms with E-state index < -0.39 is 0 Å². The van der Waals surface area contributed by atoms with Crippen LogP contribution in [0.2, 0.25) is 0 Å². The van der Waals surface area contributed by atoms with Gasteiger partial charge < -0.3 is 0 Å². The third kappa shape index (κ3) is 3.90. The number of carbonyl (C=O) groups excluding carboxylic acids is 1. The molecule has 1 amide bonds. The molecule has 4 heteroatoms. The van der Waals surface area contributed by atoms with E-state index >= 15 is 0 Å². The zero-order chi connectivity index (χ0) is 18.2. The summed E-state index contributed by atoms with van der Waals surface area (Å²) in [4.78, 5) is 17.0. The van der Waals surface area contributed by atoms with Crippen LogP contribution < -0.4 is 5.32 Å². The van der Waals surface area contributed by atoms with E-state index in [-0.39, 0.29) is 11.3 Å². The normalized spacial score (nSPS) is 11.9. The summed E-state index contributed by atoms with van der Waals surface area (Å²) in [7, 11) is 0. The molecule has 0 aliphatic carbocycles. The smallest absolute Gasteiger partial charge is 0.257 e. The van der Waals surface area contributed by atoms with Crippen LogP contribution in [0.5, 0.6) is 0 Å². The second-order valence-corrected chi connectivity index (χ2v) is 8.71. The molecule has 3 rings (SSSR count). The fraction of sp³-hybridized carbons (Fsp3) is 0.333. The van der Waals surface area contributed by atoms with Crippen LogP contribution in [-0.4, -0.2) is 10.9 Å². The van der Waals surface area contributed by atoms with Gasteiger partial charge in [0.1, 0.15) is 0 Å². The Morgan fingerprint density at radius 2 is 1.76 bits per heavy atom. The zero-order valence-electron chi connectivity index (χ0n) is 15.4. The fourth-order valence-corrected chi connectivity index (χ4v) is 3.55. The van der Waals surface area contributed by atoms with Crippen LogP contribution in [-0.2, 0) is 5.41 Å².